The molecule has 1 aliphatic carbocycles. The number of hydrogen-bond acceptors (Lipinski definition) is 3. The number of aromatic nitrogens is 1. The highest BCUT2D eigenvalue weighted by Gasteiger charge is 2.12. The quantitative estimate of drug-likeness (QED) is 0.500. The van der Waals surface area contributed by atoms with Gasteiger partial charge in [0.1, 0.15) is 10.8 Å². The van der Waals surface area contributed by atoms with Crippen molar-refractivity contribution in [2.75, 3.05) is 6.61 Å². The number of hydrogen-bond donors (Lipinski definition) is 0. The molecule has 0 bridgehead atoms. The summed E-state index contributed by atoms with van der Waals surface area (Å²) in [5.41, 5.74) is 6.59. The topological polar surface area (TPSA) is 22.1 Å². The van der Waals surface area contributed by atoms with Crippen LogP contribution in [0.1, 0.15) is 47.5 Å². The van der Waals surface area contributed by atoms with Crippen LogP contribution in [-0.2, 0) is 19.3 Å². The van der Waals surface area contributed by atoms with Crippen molar-refractivity contribution < 1.29 is 4.74 Å². The molecular formula is C24H29NOS. The van der Waals surface area contributed by atoms with Crippen LogP contribution in [0.3, 0.4) is 0 Å². The van der Waals surface area contributed by atoms with Crippen molar-refractivity contribution in [1.29, 1.82) is 0 Å². The molecule has 0 atom stereocenters. The summed E-state index contributed by atoms with van der Waals surface area (Å²) >= 11 is 1.77. The van der Waals surface area contributed by atoms with E-state index in [9.17, 15) is 0 Å². The molecule has 0 N–H and O–H groups in total. The lowest BCUT2D eigenvalue weighted by molar-refractivity contribution is 0.320. The summed E-state index contributed by atoms with van der Waals surface area (Å²) in [6, 6.07) is 15.1. The molecule has 4 rings (SSSR count). The van der Waals surface area contributed by atoms with Crippen molar-refractivity contribution in [3.05, 3.63) is 69.7 Å². The third-order valence-corrected chi connectivity index (χ3v) is 5.90. The van der Waals surface area contributed by atoms with E-state index in [1.165, 1.54) is 46.4 Å². The molecule has 2 aromatic carbocycles. The van der Waals surface area contributed by atoms with E-state index >= 15 is 0 Å². The van der Waals surface area contributed by atoms with Gasteiger partial charge in [-0.05, 0) is 62.4 Å². The largest absolute Gasteiger partial charge is 0.493 e. The highest BCUT2D eigenvalue weighted by molar-refractivity contribution is 7.15. The third kappa shape index (κ3) is 4.78. The first-order valence-electron chi connectivity index (χ1n) is 9.97. The van der Waals surface area contributed by atoms with Crippen LogP contribution < -0.4 is 4.74 Å². The lowest BCUT2D eigenvalue weighted by atomic mass is 10.1. The number of rotatable bonds is 5. The Kier molecular flexibility index (Phi) is 6.68. The van der Waals surface area contributed by atoms with Crippen LogP contribution in [0.5, 0.6) is 5.75 Å². The Bertz CT molecular complexity index is 897. The van der Waals surface area contributed by atoms with Gasteiger partial charge in [-0.1, -0.05) is 43.7 Å². The zero-order valence-corrected chi connectivity index (χ0v) is 17.7. The molecular weight excluding hydrogens is 350 g/mol. The number of thiazole rings is 1. The van der Waals surface area contributed by atoms with Crippen molar-refractivity contribution in [1.82, 2.24) is 4.98 Å². The Morgan fingerprint density at radius 1 is 1.00 bits per heavy atom. The normalized spacial score (nSPS) is 12.3. The van der Waals surface area contributed by atoms with Gasteiger partial charge in [0.2, 0.25) is 0 Å². The maximum atomic E-state index is 5.99. The molecule has 0 saturated carbocycles. The molecule has 1 aromatic heterocycles. The molecule has 0 saturated heterocycles. The molecule has 0 radical (unpaired) electrons. The van der Waals surface area contributed by atoms with Gasteiger partial charge in [-0.15, -0.1) is 11.3 Å². The second-order valence-electron chi connectivity index (χ2n) is 6.77. The maximum absolute atomic E-state index is 5.99. The Morgan fingerprint density at radius 3 is 2.63 bits per heavy atom. The summed E-state index contributed by atoms with van der Waals surface area (Å²) in [5.74, 6) is 0.993. The first-order valence-corrected chi connectivity index (χ1v) is 10.8. The summed E-state index contributed by atoms with van der Waals surface area (Å²) < 4.78 is 5.99. The van der Waals surface area contributed by atoms with Gasteiger partial charge in [0.15, 0.2) is 0 Å². The van der Waals surface area contributed by atoms with Gasteiger partial charge < -0.3 is 4.74 Å². The van der Waals surface area contributed by atoms with E-state index in [2.05, 4.69) is 56.3 Å². The number of ether oxygens (including phenoxy) is 1. The average molecular weight is 380 g/mol. The molecule has 0 amide bonds. The van der Waals surface area contributed by atoms with E-state index in [0.29, 0.717) is 6.61 Å². The summed E-state index contributed by atoms with van der Waals surface area (Å²) in [6.07, 6.45) is 4.54. The predicted molar refractivity (Wildman–Crippen MR) is 116 cm³/mol. The van der Waals surface area contributed by atoms with Crippen molar-refractivity contribution in [3.63, 3.8) is 0 Å². The zero-order chi connectivity index (χ0) is 19.2. The van der Waals surface area contributed by atoms with Gasteiger partial charge in [0.05, 0.1) is 12.3 Å². The second kappa shape index (κ2) is 9.18. The van der Waals surface area contributed by atoms with E-state index in [1.807, 2.05) is 13.8 Å². The van der Waals surface area contributed by atoms with Crippen LogP contribution in [-0.4, -0.2) is 11.6 Å². The average Bonchev–Trinajstić information content (AvgIpc) is 3.30. The lowest BCUT2D eigenvalue weighted by Gasteiger charge is -2.07. The van der Waals surface area contributed by atoms with Crippen LogP contribution >= 0.6 is 11.3 Å². The van der Waals surface area contributed by atoms with Crippen LogP contribution in [0.2, 0.25) is 0 Å². The summed E-state index contributed by atoms with van der Waals surface area (Å²) in [4.78, 5) is 6.13. The molecule has 142 valence electrons. The molecule has 0 unspecified atom stereocenters. The minimum atomic E-state index is 0.677. The zero-order valence-electron chi connectivity index (χ0n) is 16.8. The summed E-state index contributed by atoms with van der Waals surface area (Å²) in [7, 11) is 0. The Balaban J connectivity index is 0.00000102. The Morgan fingerprint density at radius 2 is 1.81 bits per heavy atom. The SMILES string of the molecule is CC.Cc1cccc(-c2nc(CCOc3ccc4c(c3)CCC4)c(C)s2)c1. The first-order chi connectivity index (χ1) is 13.2. The second-order valence-corrected chi connectivity index (χ2v) is 7.98. The van der Waals surface area contributed by atoms with Crippen LogP contribution in [0, 0.1) is 13.8 Å². The van der Waals surface area contributed by atoms with Crippen LogP contribution in [0.15, 0.2) is 42.5 Å². The molecule has 27 heavy (non-hydrogen) atoms. The monoisotopic (exact) mass is 379 g/mol. The van der Waals surface area contributed by atoms with Crippen molar-refractivity contribution >= 4 is 11.3 Å². The molecule has 3 heteroatoms. The molecule has 3 aromatic rings. The fourth-order valence-corrected chi connectivity index (χ4v) is 4.42. The van der Waals surface area contributed by atoms with Gasteiger partial charge in [-0.2, -0.15) is 0 Å². The molecule has 2 nitrogen and oxygen atoms in total. The lowest BCUT2D eigenvalue weighted by Crippen LogP contribution is -2.03. The number of aryl methyl sites for hydroxylation is 4. The first kappa shape index (κ1) is 19.6. The summed E-state index contributed by atoms with van der Waals surface area (Å²) in [6.45, 7) is 8.95. The standard InChI is InChI=1S/C22H23NOS.C2H6/c1-15-5-3-8-19(13-15)22-23-21(16(2)25-22)11-12-24-20-10-9-17-6-4-7-18(17)14-20;1-2/h3,5,8-10,13-14H,4,6-7,11-12H2,1-2H3;1-2H3. The maximum Gasteiger partial charge on any atom is 0.123 e. The molecule has 0 aliphatic heterocycles. The predicted octanol–water partition coefficient (Wildman–Crippen LogP) is 6.56. The van der Waals surface area contributed by atoms with E-state index < -0.39 is 0 Å². The molecule has 0 fully saturated rings. The van der Waals surface area contributed by atoms with Crippen molar-refractivity contribution in [3.8, 4) is 16.3 Å². The van der Waals surface area contributed by atoms with Gasteiger partial charge in [0, 0.05) is 16.9 Å². The highest BCUT2D eigenvalue weighted by atomic mass is 32.1. The van der Waals surface area contributed by atoms with Crippen molar-refractivity contribution in [2.24, 2.45) is 0 Å². The van der Waals surface area contributed by atoms with Gasteiger partial charge >= 0.3 is 0 Å². The van der Waals surface area contributed by atoms with Gasteiger partial charge in [-0.3, -0.25) is 0 Å². The third-order valence-electron chi connectivity index (χ3n) is 4.84. The van der Waals surface area contributed by atoms with E-state index in [0.717, 1.165) is 22.9 Å². The number of fused-ring (bicyclic) bond motifs is 1. The van der Waals surface area contributed by atoms with Crippen LogP contribution in [0.4, 0.5) is 0 Å². The number of benzene rings is 2. The fraction of sp³-hybridized carbons (Fsp3) is 0.375. The van der Waals surface area contributed by atoms with Gasteiger partial charge in [-0.25, -0.2) is 4.98 Å². The van der Waals surface area contributed by atoms with Gasteiger partial charge in [0.25, 0.3) is 0 Å². The smallest absolute Gasteiger partial charge is 0.123 e. The van der Waals surface area contributed by atoms with E-state index in [4.69, 9.17) is 9.72 Å². The van der Waals surface area contributed by atoms with E-state index in [1.54, 1.807) is 11.3 Å². The summed E-state index contributed by atoms with van der Waals surface area (Å²) in [5, 5.41) is 1.11. The fourth-order valence-electron chi connectivity index (χ4n) is 3.47. The number of nitrogens with zero attached hydrogens (tertiary/aromatic N) is 1. The molecule has 0 spiro atoms. The molecule has 1 aliphatic rings. The molecule has 1 heterocycles. The Labute approximate surface area is 167 Å². The Hall–Kier alpha value is -2.13. The van der Waals surface area contributed by atoms with Crippen LogP contribution in [0.25, 0.3) is 10.6 Å². The van der Waals surface area contributed by atoms with Crippen molar-refractivity contribution in [2.45, 2.75) is 53.4 Å². The minimum absolute atomic E-state index is 0.677. The van der Waals surface area contributed by atoms with E-state index in [-0.39, 0.29) is 0 Å². The minimum Gasteiger partial charge on any atom is -0.493 e. The highest BCUT2D eigenvalue weighted by Crippen LogP contribution is 2.29.